The number of rotatable bonds is 7. The fourth-order valence-corrected chi connectivity index (χ4v) is 5.21. The van der Waals surface area contributed by atoms with Crippen molar-refractivity contribution in [3.05, 3.63) is 89.5 Å². The van der Waals surface area contributed by atoms with Crippen LogP contribution in [0, 0.1) is 0 Å². The van der Waals surface area contributed by atoms with Gasteiger partial charge in [-0.05, 0) is 59.2 Å². The van der Waals surface area contributed by atoms with Gasteiger partial charge in [-0.15, -0.1) is 0 Å². The van der Waals surface area contributed by atoms with E-state index in [2.05, 4.69) is 34.5 Å². The molecule has 1 saturated heterocycles. The van der Waals surface area contributed by atoms with E-state index in [4.69, 9.17) is 4.74 Å². The molecule has 2 aliphatic rings. The van der Waals surface area contributed by atoms with Crippen LogP contribution < -0.4 is 10.2 Å². The summed E-state index contributed by atoms with van der Waals surface area (Å²) < 4.78 is 5.51. The van der Waals surface area contributed by atoms with Crippen LogP contribution in [0.25, 0.3) is 11.1 Å². The molecule has 0 aromatic heterocycles. The van der Waals surface area contributed by atoms with E-state index in [-0.39, 0.29) is 19.1 Å². The van der Waals surface area contributed by atoms with Gasteiger partial charge in [-0.1, -0.05) is 60.7 Å². The number of piperidine rings is 1. The molecule has 2 atom stereocenters. The molecule has 182 valence electrons. The maximum absolute atomic E-state index is 12.4. The molecule has 0 saturated carbocycles. The molecular weight excluding hydrogens is 440 g/mol. The molecule has 5 rings (SSSR count). The monoisotopic (exact) mass is 472 g/mol. The summed E-state index contributed by atoms with van der Waals surface area (Å²) in [6, 6.07) is 24.0. The summed E-state index contributed by atoms with van der Waals surface area (Å²) >= 11 is 0. The molecular formula is C29H32N2O4. The Kier molecular flexibility index (Phi) is 7.02. The Hall–Kier alpha value is -3.35. The molecule has 1 aliphatic carbocycles. The largest absolute Gasteiger partial charge is 0.449 e. The Balaban J connectivity index is 1.13. The second-order valence-corrected chi connectivity index (χ2v) is 9.36. The highest BCUT2D eigenvalue weighted by Gasteiger charge is 2.29. The minimum absolute atomic E-state index is 0.0258. The standard InChI is InChI=1S/C29H32N2O4/c32-27(28(33)20-12-14-21(15-13-20)31-16-6-1-7-17-31)18-30-29(34)35-19-26-24-10-4-2-8-22(24)23-9-3-5-11-25(23)26/h2-5,8-15,26-28,32-33H,1,6-7,16-19H2,(H,30,34). The van der Waals surface area contributed by atoms with E-state index in [1.165, 1.54) is 30.4 Å². The van der Waals surface area contributed by atoms with Crippen LogP contribution >= 0.6 is 0 Å². The molecule has 1 amide bonds. The Labute approximate surface area is 206 Å². The van der Waals surface area contributed by atoms with Crippen LogP contribution in [0.15, 0.2) is 72.8 Å². The van der Waals surface area contributed by atoms with E-state index in [1.807, 2.05) is 48.5 Å². The van der Waals surface area contributed by atoms with E-state index >= 15 is 0 Å². The van der Waals surface area contributed by atoms with E-state index in [0.717, 1.165) is 29.9 Å². The molecule has 1 fully saturated rings. The van der Waals surface area contributed by atoms with Crippen LogP contribution in [0.5, 0.6) is 0 Å². The highest BCUT2D eigenvalue weighted by Crippen LogP contribution is 2.44. The van der Waals surface area contributed by atoms with Crippen LogP contribution in [-0.4, -0.2) is 48.7 Å². The fourth-order valence-electron chi connectivity index (χ4n) is 5.21. The van der Waals surface area contributed by atoms with Crippen molar-refractivity contribution >= 4 is 11.8 Å². The summed E-state index contributed by atoms with van der Waals surface area (Å²) in [6.45, 7) is 2.20. The zero-order valence-electron chi connectivity index (χ0n) is 19.8. The van der Waals surface area contributed by atoms with E-state index in [1.54, 1.807) is 0 Å². The molecule has 3 aromatic carbocycles. The summed E-state index contributed by atoms with van der Waals surface area (Å²) in [4.78, 5) is 14.7. The van der Waals surface area contributed by atoms with E-state index < -0.39 is 18.3 Å². The van der Waals surface area contributed by atoms with Gasteiger partial charge in [0.15, 0.2) is 0 Å². The molecule has 35 heavy (non-hydrogen) atoms. The number of alkyl carbamates (subject to hydrolysis) is 1. The average Bonchev–Trinajstić information content (AvgIpc) is 3.24. The molecule has 0 radical (unpaired) electrons. The van der Waals surface area contributed by atoms with Crippen molar-refractivity contribution in [2.75, 3.05) is 31.1 Å². The number of aliphatic hydroxyl groups is 2. The highest BCUT2D eigenvalue weighted by atomic mass is 16.5. The smallest absolute Gasteiger partial charge is 0.407 e. The van der Waals surface area contributed by atoms with Crippen molar-refractivity contribution in [3.8, 4) is 11.1 Å². The fraction of sp³-hybridized carbons (Fsp3) is 0.345. The summed E-state index contributed by atoms with van der Waals surface area (Å²) in [5, 5.41) is 23.6. The number of nitrogens with zero attached hydrogens (tertiary/aromatic N) is 1. The van der Waals surface area contributed by atoms with Crippen LogP contribution in [0.1, 0.15) is 48.0 Å². The number of amides is 1. The van der Waals surface area contributed by atoms with Crippen LogP contribution in [0.3, 0.4) is 0 Å². The topological polar surface area (TPSA) is 82.0 Å². The lowest BCUT2D eigenvalue weighted by Crippen LogP contribution is -2.36. The molecule has 0 bridgehead atoms. The first-order chi connectivity index (χ1) is 17.1. The maximum atomic E-state index is 12.4. The first kappa shape index (κ1) is 23.4. The lowest BCUT2D eigenvalue weighted by molar-refractivity contribution is 0.0185. The number of benzene rings is 3. The Morgan fingerprint density at radius 2 is 1.49 bits per heavy atom. The van der Waals surface area contributed by atoms with Gasteiger partial charge in [-0.2, -0.15) is 0 Å². The number of ether oxygens (including phenoxy) is 1. The minimum atomic E-state index is -1.14. The minimum Gasteiger partial charge on any atom is -0.449 e. The zero-order valence-corrected chi connectivity index (χ0v) is 19.8. The molecule has 6 nitrogen and oxygen atoms in total. The zero-order chi connectivity index (χ0) is 24.2. The van der Waals surface area contributed by atoms with E-state index in [9.17, 15) is 15.0 Å². The van der Waals surface area contributed by atoms with E-state index in [0.29, 0.717) is 5.56 Å². The molecule has 3 aromatic rings. The lowest BCUT2D eigenvalue weighted by atomic mass is 9.98. The van der Waals surface area contributed by atoms with Crippen molar-refractivity contribution in [3.63, 3.8) is 0 Å². The van der Waals surface area contributed by atoms with Crippen molar-refractivity contribution in [1.82, 2.24) is 5.32 Å². The maximum Gasteiger partial charge on any atom is 0.407 e. The third-order valence-electron chi connectivity index (χ3n) is 7.12. The predicted octanol–water partition coefficient (Wildman–Crippen LogP) is 4.61. The number of nitrogens with one attached hydrogen (secondary N) is 1. The van der Waals surface area contributed by atoms with Gasteiger partial charge >= 0.3 is 6.09 Å². The number of hydrogen-bond donors (Lipinski definition) is 3. The highest BCUT2D eigenvalue weighted by molar-refractivity contribution is 5.79. The normalized spacial score (nSPS) is 16.8. The summed E-state index contributed by atoms with van der Waals surface area (Å²) in [5.74, 6) is -0.0258. The Bertz CT molecular complexity index is 1110. The molecule has 6 heteroatoms. The molecule has 2 unspecified atom stereocenters. The Morgan fingerprint density at radius 3 is 2.11 bits per heavy atom. The molecule has 0 spiro atoms. The predicted molar refractivity (Wildman–Crippen MR) is 137 cm³/mol. The Morgan fingerprint density at radius 1 is 0.886 bits per heavy atom. The number of hydrogen-bond acceptors (Lipinski definition) is 5. The second kappa shape index (κ2) is 10.5. The van der Waals surface area contributed by atoms with Gasteiger partial charge in [0.1, 0.15) is 18.8 Å². The number of fused-ring (bicyclic) bond motifs is 3. The van der Waals surface area contributed by atoms with Gasteiger partial charge in [-0.3, -0.25) is 0 Å². The number of carbonyl (C=O) groups is 1. The van der Waals surface area contributed by atoms with Crippen LogP contribution in [-0.2, 0) is 4.74 Å². The van der Waals surface area contributed by atoms with Crippen molar-refractivity contribution in [2.45, 2.75) is 37.4 Å². The van der Waals surface area contributed by atoms with Crippen LogP contribution in [0.2, 0.25) is 0 Å². The second-order valence-electron chi connectivity index (χ2n) is 9.36. The third kappa shape index (κ3) is 5.04. The number of aliphatic hydroxyl groups excluding tert-OH is 2. The van der Waals surface area contributed by atoms with Gasteiger partial charge in [0, 0.05) is 31.2 Å². The van der Waals surface area contributed by atoms with Crippen molar-refractivity contribution in [2.24, 2.45) is 0 Å². The molecule has 1 heterocycles. The molecule has 1 aliphatic heterocycles. The number of anilines is 1. The lowest BCUT2D eigenvalue weighted by Gasteiger charge is -2.29. The van der Waals surface area contributed by atoms with Gasteiger partial charge < -0.3 is 25.2 Å². The van der Waals surface area contributed by atoms with Gasteiger partial charge in [0.05, 0.1) is 0 Å². The summed E-state index contributed by atoms with van der Waals surface area (Å²) in [7, 11) is 0. The first-order valence-corrected chi connectivity index (χ1v) is 12.4. The third-order valence-corrected chi connectivity index (χ3v) is 7.12. The molecule has 3 N–H and O–H groups in total. The van der Waals surface area contributed by atoms with Crippen LogP contribution in [0.4, 0.5) is 10.5 Å². The van der Waals surface area contributed by atoms with Crippen molar-refractivity contribution in [1.29, 1.82) is 0 Å². The van der Waals surface area contributed by atoms with Gasteiger partial charge in [0.2, 0.25) is 0 Å². The van der Waals surface area contributed by atoms with Gasteiger partial charge in [-0.25, -0.2) is 4.79 Å². The average molecular weight is 473 g/mol. The van der Waals surface area contributed by atoms with Gasteiger partial charge in [0.25, 0.3) is 0 Å². The quantitative estimate of drug-likeness (QED) is 0.468. The SMILES string of the molecule is O=C(NCC(O)C(O)c1ccc(N2CCCCC2)cc1)OCC1c2ccccc2-c2ccccc21. The summed E-state index contributed by atoms with van der Waals surface area (Å²) in [5.41, 5.74) is 6.37. The first-order valence-electron chi connectivity index (χ1n) is 12.4. The number of carbonyl (C=O) groups excluding carboxylic acids is 1. The summed E-state index contributed by atoms with van der Waals surface area (Å²) in [6.07, 6.45) is 0.819. The van der Waals surface area contributed by atoms with Crippen molar-refractivity contribution < 1.29 is 19.7 Å².